The molecule has 2 aromatic rings. The van der Waals surface area contributed by atoms with E-state index >= 15 is 0 Å². The smallest absolute Gasteiger partial charge is 0.251 e. The van der Waals surface area contributed by atoms with Gasteiger partial charge in [-0.1, -0.05) is 51.9 Å². The summed E-state index contributed by atoms with van der Waals surface area (Å²) in [4.78, 5) is 16.1. The molecule has 4 nitrogen and oxygen atoms in total. The quantitative estimate of drug-likeness (QED) is 0.647. The number of hydrogen-bond acceptors (Lipinski definition) is 3. The minimum atomic E-state index is -0.0344. The van der Waals surface area contributed by atoms with Gasteiger partial charge in [0.05, 0.1) is 0 Å². The molecular weight excluding hydrogens is 276 g/mol. The molecule has 0 aliphatic heterocycles. The van der Waals surface area contributed by atoms with Crippen LogP contribution in [0.25, 0.3) is 11.1 Å². The number of benzene rings is 1. The van der Waals surface area contributed by atoms with E-state index in [4.69, 9.17) is 4.42 Å². The molecule has 0 saturated heterocycles. The fourth-order valence-corrected chi connectivity index (χ4v) is 2.56. The first kappa shape index (κ1) is 16.5. The lowest BCUT2D eigenvalue weighted by Crippen LogP contribution is -2.24. The zero-order valence-electron chi connectivity index (χ0n) is 13.4. The van der Waals surface area contributed by atoms with Gasteiger partial charge >= 0.3 is 0 Å². The molecule has 0 radical (unpaired) electrons. The summed E-state index contributed by atoms with van der Waals surface area (Å²) in [6.45, 7) is 2.98. The molecule has 1 aromatic heterocycles. The lowest BCUT2D eigenvalue weighted by atomic mass is 10.1. The van der Waals surface area contributed by atoms with Crippen molar-refractivity contribution in [1.29, 1.82) is 0 Å². The van der Waals surface area contributed by atoms with Gasteiger partial charge in [-0.25, -0.2) is 4.98 Å². The van der Waals surface area contributed by atoms with Crippen LogP contribution in [0.2, 0.25) is 0 Å². The molecule has 2 rings (SSSR count). The number of carbonyl (C=O) groups excluding carboxylic acids is 1. The number of nitrogens with one attached hydrogen (secondary N) is 1. The van der Waals surface area contributed by atoms with Gasteiger partial charge in [-0.2, -0.15) is 0 Å². The third-order valence-corrected chi connectivity index (χ3v) is 3.91. The molecule has 1 heterocycles. The number of carbonyl (C=O) groups is 1. The molecule has 0 aliphatic carbocycles. The maximum atomic E-state index is 12.0. The first-order valence-corrected chi connectivity index (χ1v) is 8.42. The van der Waals surface area contributed by atoms with Crippen molar-refractivity contribution in [3.05, 3.63) is 30.2 Å². The second kappa shape index (κ2) is 9.23. The molecule has 0 unspecified atom stereocenters. The summed E-state index contributed by atoms with van der Waals surface area (Å²) in [7, 11) is 0. The van der Waals surface area contributed by atoms with E-state index in [-0.39, 0.29) is 5.91 Å². The Hall–Kier alpha value is -1.84. The van der Waals surface area contributed by atoms with Gasteiger partial charge in [-0.05, 0) is 24.6 Å². The fourth-order valence-electron chi connectivity index (χ4n) is 2.56. The largest absolute Gasteiger partial charge is 0.443 e. The Morgan fingerprint density at radius 1 is 1.09 bits per heavy atom. The average molecular weight is 302 g/mol. The van der Waals surface area contributed by atoms with Crippen LogP contribution in [0, 0.1) is 0 Å². The van der Waals surface area contributed by atoms with E-state index in [1.54, 1.807) is 18.2 Å². The van der Waals surface area contributed by atoms with E-state index in [1.165, 1.54) is 51.3 Å². The number of unbranched alkanes of at least 4 members (excludes halogenated alkanes) is 7. The third kappa shape index (κ3) is 5.17. The van der Waals surface area contributed by atoms with Crippen LogP contribution in [0.15, 0.2) is 29.0 Å². The van der Waals surface area contributed by atoms with Crippen molar-refractivity contribution in [1.82, 2.24) is 10.3 Å². The predicted molar refractivity (Wildman–Crippen MR) is 89.0 cm³/mol. The van der Waals surface area contributed by atoms with Gasteiger partial charge in [-0.15, -0.1) is 0 Å². The minimum Gasteiger partial charge on any atom is -0.443 e. The lowest BCUT2D eigenvalue weighted by Gasteiger charge is -2.05. The zero-order chi connectivity index (χ0) is 15.6. The normalized spacial score (nSPS) is 11.0. The SMILES string of the molecule is CCCCCCCCCCNC(=O)c1ccc2ocnc2c1. The number of nitrogens with zero attached hydrogens (tertiary/aromatic N) is 1. The van der Waals surface area contributed by atoms with Gasteiger partial charge in [0.25, 0.3) is 5.91 Å². The molecule has 0 fully saturated rings. The molecule has 120 valence electrons. The van der Waals surface area contributed by atoms with Gasteiger partial charge in [0.1, 0.15) is 5.52 Å². The number of oxazole rings is 1. The van der Waals surface area contributed by atoms with Crippen molar-refractivity contribution in [3.8, 4) is 0 Å². The van der Waals surface area contributed by atoms with Crippen molar-refractivity contribution in [2.24, 2.45) is 0 Å². The Labute approximate surface area is 132 Å². The van der Waals surface area contributed by atoms with Crippen LogP contribution in [0.3, 0.4) is 0 Å². The van der Waals surface area contributed by atoms with Gasteiger partial charge in [0.15, 0.2) is 12.0 Å². The molecule has 0 bridgehead atoms. The third-order valence-electron chi connectivity index (χ3n) is 3.91. The Morgan fingerprint density at radius 3 is 2.59 bits per heavy atom. The summed E-state index contributed by atoms with van der Waals surface area (Å²) >= 11 is 0. The highest BCUT2D eigenvalue weighted by Crippen LogP contribution is 2.14. The molecule has 1 N–H and O–H groups in total. The molecule has 0 aliphatic rings. The summed E-state index contributed by atoms with van der Waals surface area (Å²) in [6.07, 6.45) is 11.6. The summed E-state index contributed by atoms with van der Waals surface area (Å²) < 4.78 is 5.17. The van der Waals surface area contributed by atoms with Gasteiger partial charge in [-0.3, -0.25) is 4.79 Å². The van der Waals surface area contributed by atoms with Gasteiger partial charge in [0.2, 0.25) is 0 Å². The topological polar surface area (TPSA) is 55.1 Å². The summed E-state index contributed by atoms with van der Waals surface area (Å²) in [5.74, 6) is -0.0344. The Balaban J connectivity index is 1.59. The van der Waals surface area contributed by atoms with E-state index in [9.17, 15) is 4.79 Å². The van der Waals surface area contributed by atoms with Crippen molar-refractivity contribution in [2.45, 2.75) is 58.3 Å². The van der Waals surface area contributed by atoms with E-state index in [1.807, 2.05) is 0 Å². The van der Waals surface area contributed by atoms with Crippen LogP contribution in [0.1, 0.15) is 68.6 Å². The van der Waals surface area contributed by atoms with Crippen LogP contribution < -0.4 is 5.32 Å². The predicted octanol–water partition coefficient (Wildman–Crippen LogP) is 4.70. The lowest BCUT2D eigenvalue weighted by molar-refractivity contribution is 0.0953. The highest BCUT2D eigenvalue weighted by Gasteiger charge is 2.07. The van der Waals surface area contributed by atoms with Crippen LogP contribution >= 0.6 is 0 Å². The first-order chi connectivity index (χ1) is 10.8. The highest BCUT2D eigenvalue weighted by atomic mass is 16.3. The monoisotopic (exact) mass is 302 g/mol. The summed E-state index contributed by atoms with van der Waals surface area (Å²) in [5, 5.41) is 2.97. The summed E-state index contributed by atoms with van der Waals surface area (Å²) in [5.41, 5.74) is 2.07. The molecule has 22 heavy (non-hydrogen) atoms. The molecule has 1 aromatic carbocycles. The number of aromatic nitrogens is 1. The van der Waals surface area contributed by atoms with Crippen LogP contribution in [0.5, 0.6) is 0 Å². The molecule has 1 amide bonds. The molecule has 4 heteroatoms. The van der Waals surface area contributed by atoms with Crippen molar-refractivity contribution in [2.75, 3.05) is 6.54 Å². The Morgan fingerprint density at radius 2 is 1.82 bits per heavy atom. The number of hydrogen-bond donors (Lipinski definition) is 1. The highest BCUT2D eigenvalue weighted by molar-refractivity contribution is 5.96. The zero-order valence-corrected chi connectivity index (χ0v) is 13.4. The van der Waals surface area contributed by atoms with Crippen molar-refractivity contribution < 1.29 is 9.21 Å². The second-order valence-corrected chi connectivity index (χ2v) is 5.77. The van der Waals surface area contributed by atoms with Crippen LogP contribution in [-0.2, 0) is 0 Å². The van der Waals surface area contributed by atoms with E-state index in [2.05, 4.69) is 17.2 Å². The molecule has 0 atom stereocenters. The molecular formula is C18H26N2O2. The molecule has 0 saturated carbocycles. The Bertz CT molecular complexity index is 577. The van der Waals surface area contributed by atoms with E-state index < -0.39 is 0 Å². The first-order valence-electron chi connectivity index (χ1n) is 8.42. The standard InChI is InChI=1S/C18H26N2O2/c1-2-3-4-5-6-7-8-9-12-19-18(21)15-10-11-17-16(13-15)20-14-22-17/h10-11,13-14H,2-9,12H2,1H3,(H,19,21). The van der Waals surface area contributed by atoms with Crippen molar-refractivity contribution >= 4 is 17.0 Å². The molecule has 0 spiro atoms. The van der Waals surface area contributed by atoms with Gasteiger partial charge in [0, 0.05) is 12.1 Å². The number of amides is 1. The second-order valence-electron chi connectivity index (χ2n) is 5.77. The maximum Gasteiger partial charge on any atom is 0.251 e. The fraction of sp³-hybridized carbons (Fsp3) is 0.556. The van der Waals surface area contributed by atoms with Crippen LogP contribution in [-0.4, -0.2) is 17.4 Å². The minimum absolute atomic E-state index is 0.0344. The van der Waals surface area contributed by atoms with Crippen LogP contribution in [0.4, 0.5) is 0 Å². The Kier molecular flexibility index (Phi) is 6.94. The summed E-state index contributed by atoms with van der Waals surface area (Å²) in [6, 6.07) is 5.33. The van der Waals surface area contributed by atoms with E-state index in [0.29, 0.717) is 11.1 Å². The maximum absolute atomic E-state index is 12.0. The van der Waals surface area contributed by atoms with Crippen molar-refractivity contribution in [3.63, 3.8) is 0 Å². The number of fused-ring (bicyclic) bond motifs is 1. The number of rotatable bonds is 10. The van der Waals surface area contributed by atoms with Gasteiger partial charge < -0.3 is 9.73 Å². The van der Waals surface area contributed by atoms with E-state index in [0.717, 1.165) is 18.5 Å². The average Bonchev–Trinajstić information content (AvgIpc) is 3.00.